The molecule has 6 heteroatoms. The number of nitrogens with one attached hydrogen (secondary N) is 1. The monoisotopic (exact) mass is 310 g/mol. The van der Waals surface area contributed by atoms with Crippen LogP contribution in [0.15, 0.2) is 24.3 Å². The van der Waals surface area contributed by atoms with Crippen LogP contribution in [0.3, 0.4) is 0 Å². The Hall–Kier alpha value is -1.50. The molecule has 0 aliphatic carbocycles. The molecule has 1 fully saturated rings. The van der Waals surface area contributed by atoms with Gasteiger partial charge in [0.05, 0.1) is 11.5 Å². The maximum atomic E-state index is 13.0. The van der Waals surface area contributed by atoms with E-state index in [2.05, 4.69) is 5.32 Å². The fraction of sp³-hybridized carbons (Fsp3) is 0.562. The second-order valence-corrected chi connectivity index (χ2v) is 5.58. The fourth-order valence-electron chi connectivity index (χ4n) is 2.67. The Kier molecular flexibility index (Phi) is 5.88. The van der Waals surface area contributed by atoms with Crippen molar-refractivity contribution in [2.24, 2.45) is 11.1 Å². The van der Waals surface area contributed by atoms with E-state index in [0.29, 0.717) is 39.1 Å². The number of hydrogen-bond acceptors (Lipinski definition) is 4. The molecular formula is C16H23FN2O3. The molecule has 5 nitrogen and oxygen atoms in total. The van der Waals surface area contributed by atoms with Crippen molar-refractivity contribution in [3.63, 3.8) is 0 Å². The van der Waals surface area contributed by atoms with E-state index in [1.54, 1.807) is 19.2 Å². The van der Waals surface area contributed by atoms with Gasteiger partial charge in [0, 0.05) is 33.4 Å². The van der Waals surface area contributed by atoms with Gasteiger partial charge < -0.3 is 20.5 Å². The number of halogens is 1. The maximum Gasteiger partial charge on any atom is 0.227 e. The molecule has 2 rings (SSSR count). The summed E-state index contributed by atoms with van der Waals surface area (Å²) in [5.74, 6) is -0.366. The smallest absolute Gasteiger partial charge is 0.227 e. The quantitative estimate of drug-likeness (QED) is 0.832. The van der Waals surface area contributed by atoms with Gasteiger partial charge in [0.2, 0.25) is 5.91 Å². The predicted octanol–water partition coefficient (Wildman–Crippen LogP) is 1.38. The highest BCUT2D eigenvalue weighted by Crippen LogP contribution is 2.29. The summed E-state index contributed by atoms with van der Waals surface area (Å²) in [5, 5.41) is 2.92. The van der Waals surface area contributed by atoms with Gasteiger partial charge in [-0.15, -0.1) is 0 Å². The zero-order valence-electron chi connectivity index (χ0n) is 12.8. The molecule has 1 aliphatic rings. The van der Waals surface area contributed by atoms with Crippen LogP contribution in [0, 0.1) is 11.2 Å². The average molecular weight is 310 g/mol. The number of benzene rings is 1. The van der Waals surface area contributed by atoms with Gasteiger partial charge in [-0.1, -0.05) is 12.1 Å². The predicted molar refractivity (Wildman–Crippen MR) is 80.7 cm³/mol. The summed E-state index contributed by atoms with van der Waals surface area (Å²) in [5.41, 5.74) is 6.08. The van der Waals surface area contributed by atoms with Gasteiger partial charge in [0.25, 0.3) is 0 Å². The van der Waals surface area contributed by atoms with Crippen LogP contribution in [0.25, 0.3) is 0 Å². The van der Waals surface area contributed by atoms with E-state index in [-0.39, 0.29) is 17.8 Å². The number of hydrogen-bond donors (Lipinski definition) is 2. The minimum Gasteiger partial charge on any atom is -0.381 e. The van der Waals surface area contributed by atoms with Crippen LogP contribution in [0.5, 0.6) is 0 Å². The third-order valence-corrected chi connectivity index (χ3v) is 4.30. The van der Waals surface area contributed by atoms with Crippen molar-refractivity contribution >= 4 is 5.91 Å². The van der Waals surface area contributed by atoms with Crippen molar-refractivity contribution in [2.75, 3.05) is 33.4 Å². The molecular weight excluding hydrogens is 287 g/mol. The van der Waals surface area contributed by atoms with Crippen LogP contribution in [-0.4, -0.2) is 39.3 Å². The zero-order chi connectivity index (χ0) is 16.0. The Labute approximate surface area is 130 Å². The largest absolute Gasteiger partial charge is 0.381 e. The van der Waals surface area contributed by atoms with Gasteiger partial charge in [-0.25, -0.2) is 4.39 Å². The lowest BCUT2D eigenvalue weighted by Gasteiger charge is -2.35. The van der Waals surface area contributed by atoms with Crippen LogP contribution in [0.1, 0.15) is 24.5 Å². The first-order valence-corrected chi connectivity index (χ1v) is 7.46. The van der Waals surface area contributed by atoms with E-state index >= 15 is 0 Å². The molecule has 3 N–H and O–H groups in total. The number of nitrogens with two attached hydrogens (primary N) is 1. The fourth-order valence-corrected chi connectivity index (χ4v) is 2.67. The lowest BCUT2D eigenvalue weighted by atomic mass is 9.79. The van der Waals surface area contributed by atoms with E-state index in [0.717, 1.165) is 5.56 Å². The first-order chi connectivity index (χ1) is 10.6. The Morgan fingerprint density at radius 1 is 1.41 bits per heavy atom. The van der Waals surface area contributed by atoms with Crippen molar-refractivity contribution < 1.29 is 18.7 Å². The average Bonchev–Trinajstić information content (AvgIpc) is 2.57. The zero-order valence-corrected chi connectivity index (χ0v) is 12.8. The van der Waals surface area contributed by atoms with Gasteiger partial charge in [-0.3, -0.25) is 4.79 Å². The number of carbonyl (C=O) groups excluding carboxylic acids is 1. The number of rotatable bonds is 6. The molecule has 1 heterocycles. The summed E-state index contributed by atoms with van der Waals surface area (Å²) in [6, 6.07) is 6.07. The minimum absolute atomic E-state index is 0.0672. The van der Waals surface area contributed by atoms with Crippen LogP contribution in [-0.2, 0) is 14.3 Å². The topological polar surface area (TPSA) is 73.6 Å². The molecule has 0 spiro atoms. The second-order valence-electron chi connectivity index (χ2n) is 5.58. The summed E-state index contributed by atoms with van der Waals surface area (Å²) < 4.78 is 23.7. The van der Waals surface area contributed by atoms with Crippen LogP contribution in [0.4, 0.5) is 4.39 Å². The molecule has 22 heavy (non-hydrogen) atoms. The Balaban J connectivity index is 1.97. The summed E-state index contributed by atoms with van der Waals surface area (Å²) in [7, 11) is 1.56. The molecule has 1 aromatic carbocycles. The summed E-state index contributed by atoms with van der Waals surface area (Å²) >= 11 is 0. The number of carbonyl (C=O) groups is 1. The molecule has 1 amide bonds. The summed E-state index contributed by atoms with van der Waals surface area (Å²) in [6.45, 7) is 1.73. The van der Waals surface area contributed by atoms with E-state index in [1.807, 2.05) is 0 Å². The molecule has 0 radical (unpaired) electrons. The molecule has 1 aliphatic heterocycles. The van der Waals surface area contributed by atoms with Gasteiger partial charge in [-0.05, 0) is 30.5 Å². The molecule has 1 aromatic rings. The number of methoxy groups -OCH3 is 1. The molecule has 0 saturated carbocycles. The van der Waals surface area contributed by atoms with Gasteiger partial charge in [0.15, 0.2) is 0 Å². The number of ether oxygens (including phenoxy) is 2. The molecule has 1 saturated heterocycles. The van der Waals surface area contributed by atoms with Gasteiger partial charge in [-0.2, -0.15) is 0 Å². The third kappa shape index (κ3) is 3.82. The molecule has 1 unspecified atom stereocenters. The van der Waals surface area contributed by atoms with Crippen molar-refractivity contribution in [3.8, 4) is 0 Å². The lowest BCUT2D eigenvalue weighted by molar-refractivity contribution is -0.136. The first kappa shape index (κ1) is 16.9. The molecule has 122 valence electrons. The number of amides is 1. The Morgan fingerprint density at radius 2 is 2.05 bits per heavy atom. The van der Waals surface area contributed by atoms with Crippen molar-refractivity contribution in [1.29, 1.82) is 0 Å². The third-order valence-electron chi connectivity index (χ3n) is 4.30. The summed E-state index contributed by atoms with van der Waals surface area (Å²) in [6.07, 6.45) is 0.937. The normalized spacial score (nSPS) is 18.7. The molecule has 1 atom stereocenters. The van der Waals surface area contributed by atoms with Gasteiger partial charge in [0.1, 0.15) is 5.82 Å². The molecule has 0 aromatic heterocycles. The van der Waals surface area contributed by atoms with E-state index in [9.17, 15) is 9.18 Å². The van der Waals surface area contributed by atoms with Crippen LogP contribution >= 0.6 is 0 Å². The van der Waals surface area contributed by atoms with E-state index in [1.165, 1.54) is 12.1 Å². The lowest BCUT2D eigenvalue weighted by Crippen LogP contribution is -2.50. The Morgan fingerprint density at radius 3 is 2.59 bits per heavy atom. The van der Waals surface area contributed by atoms with Crippen molar-refractivity contribution in [3.05, 3.63) is 35.6 Å². The van der Waals surface area contributed by atoms with Crippen LogP contribution < -0.4 is 11.1 Å². The van der Waals surface area contributed by atoms with Crippen molar-refractivity contribution in [2.45, 2.75) is 18.9 Å². The molecule has 0 bridgehead atoms. The SMILES string of the molecule is COC(CNC(=O)C1(CN)CCOCC1)c1ccc(F)cc1. The first-order valence-electron chi connectivity index (χ1n) is 7.46. The highest BCUT2D eigenvalue weighted by Gasteiger charge is 2.38. The van der Waals surface area contributed by atoms with Gasteiger partial charge >= 0.3 is 0 Å². The van der Waals surface area contributed by atoms with E-state index < -0.39 is 5.41 Å². The van der Waals surface area contributed by atoms with E-state index in [4.69, 9.17) is 15.2 Å². The van der Waals surface area contributed by atoms with Crippen LogP contribution in [0.2, 0.25) is 0 Å². The second kappa shape index (κ2) is 7.67. The highest BCUT2D eigenvalue weighted by atomic mass is 19.1. The Bertz CT molecular complexity index is 487. The maximum absolute atomic E-state index is 13.0. The standard InChI is InChI=1S/C16H23FN2O3/c1-21-14(12-2-4-13(17)5-3-12)10-19-15(20)16(11-18)6-8-22-9-7-16/h2-5,14H,6-11,18H2,1H3,(H,19,20). The van der Waals surface area contributed by atoms with Crippen molar-refractivity contribution in [1.82, 2.24) is 5.32 Å². The summed E-state index contributed by atoms with van der Waals surface area (Å²) in [4.78, 5) is 12.5. The minimum atomic E-state index is -0.556. The highest BCUT2D eigenvalue weighted by molar-refractivity contribution is 5.83.